The summed E-state index contributed by atoms with van der Waals surface area (Å²) in [4.78, 5) is -0.0501. The molecular weight excluding hydrogens is 712 g/mol. The second kappa shape index (κ2) is 40.3. The van der Waals surface area contributed by atoms with E-state index < -0.39 is 17.4 Å². The fourth-order valence-corrected chi connectivity index (χ4v) is 14.0. The number of hydrogen-bond acceptors (Lipinski definition) is 3. The Morgan fingerprint density at radius 2 is 0.636 bits per heavy atom. The largest absolute Gasteiger partial charge is 0.744 e. The van der Waals surface area contributed by atoms with Crippen molar-refractivity contribution in [3.8, 4) is 0 Å². The van der Waals surface area contributed by atoms with Crippen LogP contribution in [0.4, 0.5) is 0 Å². The van der Waals surface area contributed by atoms with Crippen molar-refractivity contribution in [3.63, 3.8) is 0 Å². The third kappa shape index (κ3) is 34.2. The SMILES string of the molecule is CCCCCCCCCCCCc1ccccc1S(=O)(=O)[O-].CCCCCCCC[P+](CCCCCCCC)(CCCCCCCC)CCCCCCCC. The Bertz CT molecular complexity index is 956. The lowest BCUT2D eigenvalue weighted by Gasteiger charge is -2.28. The molecule has 1 aromatic rings. The molecule has 0 aromatic heterocycles. The van der Waals surface area contributed by atoms with E-state index in [9.17, 15) is 13.0 Å². The van der Waals surface area contributed by atoms with Crippen LogP contribution >= 0.6 is 7.26 Å². The van der Waals surface area contributed by atoms with Gasteiger partial charge in [0, 0.05) is 7.26 Å². The average molecular weight is 809 g/mol. The van der Waals surface area contributed by atoms with Crippen LogP contribution in [0.2, 0.25) is 0 Å². The zero-order chi connectivity index (χ0) is 40.6. The average Bonchev–Trinajstić information content (AvgIpc) is 3.18. The van der Waals surface area contributed by atoms with Crippen molar-refractivity contribution in [1.82, 2.24) is 0 Å². The molecule has 0 radical (unpaired) electrons. The van der Waals surface area contributed by atoms with Crippen molar-refractivity contribution in [3.05, 3.63) is 29.8 Å². The molecule has 5 heteroatoms. The summed E-state index contributed by atoms with van der Waals surface area (Å²) >= 11 is 0. The van der Waals surface area contributed by atoms with E-state index in [4.69, 9.17) is 0 Å². The first-order chi connectivity index (χ1) is 26.8. The lowest BCUT2D eigenvalue weighted by molar-refractivity contribution is 0.461. The summed E-state index contributed by atoms with van der Waals surface area (Å²) < 4.78 is 33.5. The van der Waals surface area contributed by atoms with Gasteiger partial charge in [-0.2, -0.15) is 0 Å². The summed E-state index contributed by atoms with van der Waals surface area (Å²) in [5.74, 6) is 0. The van der Waals surface area contributed by atoms with Crippen LogP contribution in [0, 0.1) is 0 Å². The number of hydrogen-bond donors (Lipinski definition) is 0. The highest BCUT2D eigenvalue weighted by atomic mass is 32.2. The van der Waals surface area contributed by atoms with Crippen LogP contribution < -0.4 is 0 Å². The fraction of sp³-hybridized carbons (Fsp3) is 0.880. The second-order valence-electron chi connectivity index (χ2n) is 17.3. The van der Waals surface area contributed by atoms with E-state index in [2.05, 4.69) is 34.6 Å². The third-order valence-electron chi connectivity index (χ3n) is 12.0. The Labute approximate surface area is 347 Å². The van der Waals surface area contributed by atoms with Crippen molar-refractivity contribution in [2.24, 2.45) is 0 Å². The topological polar surface area (TPSA) is 57.2 Å². The molecule has 0 N–H and O–H groups in total. The highest BCUT2D eigenvalue weighted by Gasteiger charge is 2.35. The number of rotatable bonds is 40. The quantitative estimate of drug-likeness (QED) is 0.0377. The van der Waals surface area contributed by atoms with Crippen molar-refractivity contribution < 1.29 is 13.0 Å². The Hall–Kier alpha value is -0.440. The van der Waals surface area contributed by atoms with E-state index in [0.717, 1.165) is 12.8 Å². The van der Waals surface area contributed by atoms with E-state index in [1.165, 1.54) is 186 Å². The number of aryl methyl sites for hydroxylation is 1. The molecule has 326 valence electrons. The summed E-state index contributed by atoms with van der Waals surface area (Å²) in [6.07, 6.45) is 55.3. The lowest BCUT2D eigenvalue weighted by atomic mass is 10.0. The molecule has 0 fully saturated rings. The minimum absolute atomic E-state index is 0.0501. The maximum Gasteiger partial charge on any atom is 0.124 e. The summed E-state index contributed by atoms with van der Waals surface area (Å²) in [6, 6.07) is 6.56. The van der Waals surface area contributed by atoms with Gasteiger partial charge in [-0.3, -0.25) is 0 Å². The third-order valence-corrected chi connectivity index (χ3v) is 18.0. The molecule has 3 nitrogen and oxygen atoms in total. The zero-order valence-corrected chi connectivity index (χ0v) is 39.7. The van der Waals surface area contributed by atoms with Crippen LogP contribution in [-0.4, -0.2) is 37.6 Å². The highest BCUT2D eigenvalue weighted by Crippen LogP contribution is 2.61. The van der Waals surface area contributed by atoms with Gasteiger partial charge in [0.1, 0.15) is 10.1 Å². The molecule has 0 heterocycles. The first-order valence-electron chi connectivity index (χ1n) is 24.7. The van der Waals surface area contributed by atoms with Crippen LogP contribution in [0.1, 0.15) is 258 Å². The van der Waals surface area contributed by atoms with Gasteiger partial charge in [-0.05, 0) is 75.8 Å². The van der Waals surface area contributed by atoms with Crippen LogP contribution in [0.5, 0.6) is 0 Å². The summed E-state index contributed by atoms with van der Waals surface area (Å²) in [7, 11) is -5.06. The Kier molecular flexibility index (Phi) is 40.0. The highest BCUT2D eigenvalue weighted by molar-refractivity contribution is 7.85. The minimum Gasteiger partial charge on any atom is -0.744 e. The summed E-state index contributed by atoms with van der Waals surface area (Å²) in [6.45, 7) is 11.6. The molecule has 0 saturated carbocycles. The van der Waals surface area contributed by atoms with Crippen molar-refractivity contribution >= 4 is 17.4 Å². The van der Waals surface area contributed by atoms with Gasteiger partial charge in [-0.15, -0.1) is 0 Å². The first-order valence-corrected chi connectivity index (χ1v) is 28.6. The second-order valence-corrected chi connectivity index (χ2v) is 23.1. The molecule has 0 atom stereocenters. The van der Waals surface area contributed by atoms with Gasteiger partial charge < -0.3 is 4.55 Å². The smallest absolute Gasteiger partial charge is 0.124 e. The molecule has 0 bridgehead atoms. The monoisotopic (exact) mass is 809 g/mol. The Morgan fingerprint density at radius 3 is 0.927 bits per heavy atom. The first kappa shape index (κ1) is 54.6. The molecule has 0 amide bonds. The molecule has 55 heavy (non-hydrogen) atoms. The summed E-state index contributed by atoms with van der Waals surface area (Å²) in [5, 5.41) is 0. The van der Waals surface area contributed by atoms with Gasteiger partial charge in [0.05, 0.1) is 29.5 Å². The predicted octanol–water partition coefficient (Wildman–Crippen LogP) is 17.5. The van der Waals surface area contributed by atoms with Gasteiger partial charge in [-0.25, -0.2) is 8.42 Å². The number of benzene rings is 1. The maximum atomic E-state index is 11.2. The zero-order valence-electron chi connectivity index (χ0n) is 38.0. The molecule has 0 saturated heterocycles. The molecule has 0 aliphatic heterocycles. The molecule has 0 spiro atoms. The van der Waals surface area contributed by atoms with Crippen LogP contribution in [-0.2, 0) is 16.5 Å². The van der Waals surface area contributed by atoms with E-state index >= 15 is 0 Å². The van der Waals surface area contributed by atoms with Crippen molar-refractivity contribution in [2.45, 2.75) is 264 Å². The molecule has 1 rings (SSSR count). The van der Waals surface area contributed by atoms with E-state index in [1.807, 2.05) is 0 Å². The van der Waals surface area contributed by atoms with Crippen molar-refractivity contribution in [1.29, 1.82) is 0 Å². The summed E-state index contributed by atoms with van der Waals surface area (Å²) in [5.41, 5.74) is 0.664. The number of unbranched alkanes of at least 4 members (excludes halogenated alkanes) is 29. The van der Waals surface area contributed by atoms with E-state index in [-0.39, 0.29) is 4.90 Å². The minimum atomic E-state index is -4.35. The molecular formula is C50H97O3PS. The molecule has 0 aliphatic rings. The molecule has 0 unspecified atom stereocenters. The standard InChI is InChI=1S/C32H68P.C18H30O3S/c1-5-9-13-17-21-25-29-33(30-26-22-18-14-10-6-2,31-27-23-19-15-11-7-3)32-28-24-20-16-12-8-4;1-2-3-4-5-6-7-8-9-10-11-14-17-15-12-13-16-18(17)22(19,20)21/h5-32H2,1-4H3;12-13,15-16H,2-11,14H2,1H3,(H,19,20,21)/q+1;/p-1. The van der Waals surface area contributed by atoms with E-state index in [0.29, 0.717) is 12.0 Å². The fourth-order valence-electron chi connectivity index (χ4n) is 8.34. The van der Waals surface area contributed by atoms with Gasteiger partial charge in [0.2, 0.25) is 0 Å². The predicted molar refractivity (Wildman–Crippen MR) is 250 cm³/mol. The normalized spacial score (nSPS) is 11.9. The maximum absolute atomic E-state index is 11.2. The van der Waals surface area contributed by atoms with Gasteiger partial charge in [0.25, 0.3) is 0 Å². The Morgan fingerprint density at radius 1 is 0.382 bits per heavy atom. The van der Waals surface area contributed by atoms with Crippen LogP contribution in [0.25, 0.3) is 0 Å². The van der Waals surface area contributed by atoms with Gasteiger partial charge in [0.15, 0.2) is 0 Å². The van der Waals surface area contributed by atoms with Crippen molar-refractivity contribution in [2.75, 3.05) is 24.6 Å². The van der Waals surface area contributed by atoms with Crippen LogP contribution in [0.15, 0.2) is 29.2 Å². The van der Waals surface area contributed by atoms with Crippen LogP contribution in [0.3, 0.4) is 0 Å². The van der Waals surface area contributed by atoms with Gasteiger partial charge >= 0.3 is 0 Å². The molecule has 1 aromatic carbocycles. The Balaban J connectivity index is 0.00000115. The lowest BCUT2D eigenvalue weighted by Crippen LogP contribution is -2.13. The van der Waals surface area contributed by atoms with Gasteiger partial charge in [-0.1, -0.05) is 213 Å². The van der Waals surface area contributed by atoms with E-state index in [1.54, 1.807) is 68.5 Å². The molecule has 0 aliphatic carbocycles.